The Balaban J connectivity index is 1.60. The quantitative estimate of drug-likeness (QED) is 0.817. The van der Waals surface area contributed by atoms with Gasteiger partial charge >= 0.3 is 0 Å². The van der Waals surface area contributed by atoms with Gasteiger partial charge in [-0.2, -0.15) is 5.10 Å². The Morgan fingerprint density at radius 3 is 2.59 bits per heavy atom. The van der Waals surface area contributed by atoms with E-state index < -0.39 is 0 Å². The molecular weight excluding hydrogens is 216 g/mol. The van der Waals surface area contributed by atoms with E-state index in [9.17, 15) is 4.79 Å². The molecular formula is C12H18N4O. The van der Waals surface area contributed by atoms with E-state index in [1.54, 1.807) is 0 Å². The van der Waals surface area contributed by atoms with Crippen molar-refractivity contribution in [2.75, 3.05) is 26.2 Å². The maximum Gasteiger partial charge on any atom is 0.274 e. The first-order valence-corrected chi connectivity index (χ1v) is 6.29. The van der Waals surface area contributed by atoms with Crippen LogP contribution in [0.5, 0.6) is 0 Å². The molecule has 92 valence electrons. The van der Waals surface area contributed by atoms with E-state index in [4.69, 9.17) is 0 Å². The lowest BCUT2D eigenvalue weighted by Gasteiger charge is -2.34. The van der Waals surface area contributed by atoms with E-state index >= 15 is 0 Å². The summed E-state index contributed by atoms with van der Waals surface area (Å²) in [4.78, 5) is 16.5. The summed E-state index contributed by atoms with van der Waals surface area (Å²) >= 11 is 0. The highest BCUT2D eigenvalue weighted by Crippen LogP contribution is 2.27. The molecule has 0 atom stereocenters. The molecule has 1 aliphatic heterocycles. The van der Waals surface area contributed by atoms with E-state index in [0.717, 1.165) is 37.9 Å². The third kappa shape index (κ3) is 2.20. The molecule has 1 aromatic rings. The molecule has 0 aromatic carbocycles. The Bertz CT molecular complexity index is 416. The van der Waals surface area contributed by atoms with E-state index in [0.29, 0.717) is 5.69 Å². The maximum absolute atomic E-state index is 12.1. The van der Waals surface area contributed by atoms with Gasteiger partial charge in [0.25, 0.3) is 5.91 Å². The molecule has 2 fully saturated rings. The van der Waals surface area contributed by atoms with Gasteiger partial charge in [0.2, 0.25) is 0 Å². The number of carbonyl (C=O) groups excluding carboxylic acids is 1. The van der Waals surface area contributed by atoms with Crippen molar-refractivity contribution in [1.82, 2.24) is 20.0 Å². The number of aromatic amines is 1. The van der Waals surface area contributed by atoms with Crippen molar-refractivity contribution in [2.24, 2.45) is 0 Å². The fraction of sp³-hybridized carbons (Fsp3) is 0.667. The van der Waals surface area contributed by atoms with Crippen LogP contribution >= 0.6 is 0 Å². The van der Waals surface area contributed by atoms with Crippen molar-refractivity contribution in [3.63, 3.8) is 0 Å². The van der Waals surface area contributed by atoms with Crippen LogP contribution in [0.1, 0.15) is 29.0 Å². The van der Waals surface area contributed by atoms with Crippen molar-refractivity contribution in [1.29, 1.82) is 0 Å². The Morgan fingerprint density at radius 1 is 1.35 bits per heavy atom. The van der Waals surface area contributed by atoms with Crippen LogP contribution in [-0.2, 0) is 0 Å². The van der Waals surface area contributed by atoms with Crippen molar-refractivity contribution in [3.05, 3.63) is 17.5 Å². The standard InChI is InChI=1S/C12H18N4O/c1-9-8-11(14-13-9)12(17)16-6-4-15(5-7-16)10-2-3-10/h8,10H,2-7H2,1H3,(H,13,14). The molecule has 0 unspecified atom stereocenters. The lowest BCUT2D eigenvalue weighted by Crippen LogP contribution is -2.49. The third-order valence-corrected chi connectivity index (χ3v) is 3.59. The minimum absolute atomic E-state index is 0.0600. The summed E-state index contributed by atoms with van der Waals surface area (Å²) in [5.74, 6) is 0.0600. The van der Waals surface area contributed by atoms with Gasteiger partial charge in [0.15, 0.2) is 0 Å². The second kappa shape index (κ2) is 4.14. The molecule has 1 aromatic heterocycles. The molecule has 1 saturated heterocycles. The zero-order valence-electron chi connectivity index (χ0n) is 10.1. The highest BCUT2D eigenvalue weighted by molar-refractivity contribution is 5.92. The van der Waals surface area contributed by atoms with E-state index in [1.165, 1.54) is 12.8 Å². The van der Waals surface area contributed by atoms with Crippen LogP contribution in [0.25, 0.3) is 0 Å². The average molecular weight is 234 g/mol. The van der Waals surface area contributed by atoms with Crippen LogP contribution < -0.4 is 0 Å². The number of hydrogen-bond acceptors (Lipinski definition) is 3. The second-order valence-corrected chi connectivity index (χ2v) is 5.00. The number of nitrogens with zero attached hydrogens (tertiary/aromatic N) is 3. The zero-order valence-corrected chi connectivity index (χ0v) is 10.1. The molecule has 5 nitrogen and oxygen atoms in total. The van der Waals surface area contributed by atoms with E-state index in [-0.39, 0.29) is 5.91 Å². The number of H-pyrrole nitrogens is 1. The molecule has 0 bridgehead atoms. The highest BCUT2D eigenvalue weighted by atomic mass is 16.2. The summed E-state index contributed by atoms with van der Waals surface area (Å²) in [6.07, 6.45) is 2.68. The first-order chi connectivity index (χ1) is 8.24. The number of carbonyl (C=O) groups is 1. The van der Waals surface area contributed by atoms with Gasteiger partial charge in [-0.15, -0.1) is 0 Å². The van der Waals surface area contributed by atoms with Crippen LogP contribution in [-0.4, -0.2) is 58.1 Å². The fourth-order valence-electron chi connectivity index (χ4n) is 2.42. The molecule has 1 amide bonds. The molecule has 2 heterocycles. The number of rotatable bonds is 2. The van der Waals surface area contributed by atoms with Crippen molar-refractivity contribution in [2.45, 2.75) is 25.8 Å². The highest BCUT2D eigenvalue weighted by Gasteiger charge is 2.32. The molecule has 0 radical (unpaired) electrons. The van der Waals surface area contributed by atoms with Crippen LogP contribution in [0.2, 0.25) is 0 Å². The van der Waals surface area contributed by atoms with Crippen molar-refractivity contribution < 1.29 is 4.79 Å². The largest absolute Gasteiger partial charge is 0.335 e. The topological polar surface area (TPSA) is 52.2 Å². The van der Waals surface area contributed by atoms with Crippen LogP contribution in [0.3, 0.4) is 0 Å². The lowest BCUT2D eigenvalue weighted by atomic mass is 10.2. The SMILES string of the molecule is Cc1cc(C(=O)N2CCN(C3CC3)CC2)n[nH]1. The minimum atomic E-state index is 0.0600. The lowest BCUT2D eigenvalue weighted by molar-refractivity contribution is 0.0621. The van der Waals surface area contributed by atoms with E-state index in [1.807, 2.05) is 17.9 Å². The molecule has 3 rings (SSSR count). The van der Waals surface area contributed by atoms with Gasteiger partial charge in [-0.1, -0.05) is 0 Å². The summed E-state index contributed by atoms with van der Waals surface area (Å²) in [6.45, 7) is 5.61. The van der Waals surface area contributed by atoms with Gasteiger partial charge in [-0.05, 0) is 25.8 Å². The first kappa shape index (κ1) is 10.8. The van der Waals surface area contributed by atoms with Gasteiger partial charge < -0.3 is 4.90 Å². The summed E-state index contributed by atoms with van der Waals surface area (Å²) in [7, 11) is 0. The Hall–Kier alpha value is -1.36. The summed E-state index contributed by atoms with van der Waals surface area (Å²) in [6, 6.07) is 2.62. The first-order valence-electron chi connectivity index (χ1n) is 6.29. The molecule has 1 saturated carbocycles. The molecule has 0 spiro atoms. The van der Waals surface area contributed by atoms with Gasteiger partial charge in [-0.25, -0.2) is 0 Å². The van der Waals surface area contributed by atoms with Crippen molar-refractivity contribution in [3.8, 4) is 0 Å². The van der Waals surface area contributed by atoms with Gasteiger partial charge in [-0.3, -0.25) is 14.8 Å². The van der Waals surface area contributed by atoms with Crippen LogP contribution in [0.15, 0.2) is 6.07 Å². The molecule has 1 N–H and O–H groups in total. The second-order valence-electron chi connectivity index (χ2n) is 5.00. The van der Waals surface area contributed by atoms with Gasteiger partial charge in [0.05, 0.1) is 0 Å². The normalized spacial score (nSPS) is 21.8. The van der Waals surface area contributed by atoms with E-state index in [2.05, 4.69) is 15.1 Å². The molecule has 1 aliphatic carbocycles. The third-order valence-electron chi connectivity index (χ3n) is 3.59. The fourth-order valence-corrected chi connectivity index (χ4v) is 2.42. The maximum atomic E-state index is 12.1. The number of piperazine rings is 1. The number of amides is 1. The monoisotopic (exact) mass is 234 g/mol. The molecule has 2 aliphatic rings. The Kier molecular flexibility index (Phi) is 2.63. The minimum Gasteiger partial charge on any atom is -0.335 e. The Labute approximate surface area is 101 Å². The molecule has 17 heavy (non-hydrogen) atoms. The number of aryl methyl sites for hydroxylation is 1. The average Bonchev–Trinajstić information content (AvgIpc) is 3.11. The smallest absolute Gasteiger partial charge is 0.274 e. The predicted molar refractivity (Wildman–Crippen MR) is 63.8 cm³/mol. The van der Waals surface area contributed by atoms with Crippen LogP contribution in [0, 0.1) is 6.92 Å². The van der Waals surface area contributed by atoms with Gasteiger partial charge in [0.1, 0.15) is 5.69 Å². The summed E-state index contributed by atoms with van der Waals surface area (Å²) in [5.41, 5.74) is 1.48. The summed E-state index contributed by atoms with van der Waals surface area (Å²) in [5, 5.41) is 6.85. The van der Waals surface area contributed by atoms with Crippen LogP contribution in [0.4, 0.5) is 0 Å². The number of aromatic nitrogens is 2. The number of hydrogen-bond donors (Lipinski definition) is 1. The zero-order chi connectivity index (χ0) is 11.8. The summed E-state index contributed by atoms with van der Waals surface area (Å²) < 4.78 is 0. The number of nitrogens with one attached hydrogen (secondary N) is 1. The predicted octanol–water partition coefficient (Wildman–Crippen LogP) is 0.638. The molecule has 5 heteroatoms. The van der Waals surface area contributed by atoms with Gasteiger partial charge in [0, 0.05) is 37.9 Å². The Morgan fingerprint density at radius 2 is 2.06 bits per heavy atom. The van der Waals surface area contributed by atoms with Crippen molar-refractivity contribution >= 4 is 5.91 Å².